The number of hydrogen-bond donors (Lipinski definition) is 6. The molecule has 6 atom stereocenters. The van der Waals surface area contributed by atoms with E-state index in [1.54, 1.807) is 20.8 Å². The van der Waals surface area contributed by atoms with Gasteiger partial charge in [0.1, 0.15) is 18.1 Å². The van der Waals surface area contributed by atoms with Gasteiger partial charge in [-0.2, -0.15) is 0 Å². The summed E-state index contributed by atoms with van der Waals surface area (Å²) < 4.78 is 0. The van der Waals surface area contributed by atoms with Crippen molar-refractivity contribution in [1.82, 2.24) is 16.0 Å². The molecule has 8 N–H and O–H groups in total. The molecule has 0 bridgehead atoms. The third kappa shape index (κ3) is 9.21. The first-order valence-electron chi connectivity index (χ1n) is 10.9. The Morgan fingerprint density at radius 2 is 1.28 bits per heavy atom. The maximum absolute atomic E-state index is 13.0. The van der Waals surface area contributed by atoms with Crippen LogP contribution in [-0.2, 0) is 24.0 Å². The molecule has 4 amide bonds. The van der Waals surface area contributed by atoms with Gasteiger partial charge in [-0.3, -0.25) is 19.2 Å². The molecule has 184 valence electrons. The molecule has 0 fully saturated rings. The van der Waals surface area contributed by atoms with Crippen molar-refractivity contribution in [3.05, 3.63) is 0 Å². The predicted molar refractivity (Wildman–Crippen MR) is 119 cm³/mol. The van der Waals surface area contributed by atoms with Gasteiger partial charge in [-0.15, -0.1) is 0 Å². The minimum atomic E-state index is -1.40. The fourth-order valence-corrected chi connectivity index (χ4v) is 2.90. The van der Waals surface area contributed by atoms with E-state index in [0.717, 1.165) is 0 Å². The Kier molecular flexibility index (Phi) is 12.5. The maximum Gasteiger partial charge on any atom is 0.326 e. The number of aliphatic carboxylic acids is 1. The van der Waals surface area contributed by atoms with Crippen molar-refractivity contribution in [3.63, 3.8) is 0 Å². The lowest BCUT2D eigenvalue weighted by molar-refractivity contribution is -0.143. The van der Waals surface area contributed by atoms with E-state index < -0.39 is 66.1 Å². The largest absolute Gasteiger partial charge is 0.480 e. The number of nitrogens with one attached hydrogen (secondary N) is 3. The lowest BCUT2D eigenvalue weighted by Gasteiger charge is -2.28. The Balaban J connectivity index is 5.61. The molecule has 0 saturated carbocycles. The van der Waals surface area contributed by atoms with Crippen LogP contribution in [0.4, 0.5) is 0 Å². The fraction of sp³-hybridized carbons (Fsp3) is 0.762. The Morgan fingerprint density at radius 1 is 0.781 bits per heavy atom. The molecular formula is C21H39N5O6. The van der Waals surface area contributed by atoms with Crippen LogP contribution in [-0.4, -0.2) is 58.9 Å². The van der Waals surface area contributed by atoms with Crippen LogP contribution < -0.4 is 27.4 Å². The molecule has 0 radical (unpaired) electrons. The Hall–Kier alpha value is -2.69. The van der Waals surface area contributed by atoms with E-state index in [1.165, 1.54) is 0 Å². The SMILES string of the molecule is CCC(C)C(N)C(=O)NC(C(=O)NC(CC(N)=O)C(=O)NC(C(=O)O)C(C)C)C(C)CC. The molecule has 0 aromatic rings. The van der Waals surface area contributed by atoms with Crippen molar-refractivity contribution < 1.29 is 29.1 Å². The lowest BCUT2D eigenvalue weighted by Crippen LogP contribution is -2.60. The van der Waals surface area contributed by atoms with Crippen LogP contribution in [0.1, 0.15) is 60.8 Å². The summed E-state index contributed by atoms with van der Waals surface area (Å²) in [5, 5.41) is 16.7. The number of primary amides is 1. The Morgan fingerprint density at radius 3 is 1.69 bits per heavy atom. The van der Waals surface area contributed by atoms with Crippen LogP contribution in [0.5, 0.6) is 0 Å². The number of rotatable bonds is 14. The highest BCUT2D eigenvalue weighted by Gasteiger charge is 2.34. The van der Waals surface area contributed by atoms with E-state index in [0.29, 0.717) is 12.8 Å². The molecule has 0 aliphatic heterocycles. The summed E-state index contributed by atoms with van der Waals surface area (Å²) in [5.74, 6) is -5.00. The van der Waals surface area contributed by atoms with Crippen LogP contribution in [0.25, 0.3) is 0 Å². The van der Waals surface area contributed by atoms with Crippen LogP contribution in [0.15, 0.2) is 0 Å². The minimum absolute atomic E-state index is 0.104. The van der Waals surface area contributed by atoms with E-state index in [4.69, 9.17) is 11.5 Å². The zero-order valence-corrected chi connectivity index (χ0v) is 19.8. The van der Waals surface area contributed by atoms with Crippen molar-refractivity contribution in [1.29, 1.82) is 0 Å². The topological polar surface area (TPSA) is 194 Å². The van der Waals surface area contributed by atoms with Gasteiger partial charge in [0.15, 0.2) is 0 Å². The standard InChI is InChI=1S/C21H39N5O6/c1-7-11(5)15(23)19(29)26-17(12(6)8-2)20(30)24-13(9-14(22)27)18(28)25-16(10(3)4)21(31)32/h10-13,15-17H,7-9,23H2,1-6H3,(H2,22,27)(H,24,30)(H,25,28)(H,26,29)(H,31,32). The maximum atomic E-state index is 13.0. The van der Waals surface area contributed by atoms with Gasteiger partial charge in [-0.05, 0) is 17.8 Å². The predicted octanol–water partition coefficient (Wildman–Crippen LogP) is -0.524. The quantitative estimate of drug-likeness (QED) is 0.202. The number of carboxylic acid groups (broad SMARTS) is 1. The average Bonchev–Trinajstić information content (AvgIpc) is 2.72. The molecule has 6 unspecified atom stereocenters. The second-order valence-corrected chi connectivity index (χ2v) is 8.58. The molecule has 0 rings (SSSR count). The summed E-state index contributed by atoms with van der Waals surface area (Å²) in [6.07, 6.45) is 0.684. The molecule has 0 aliphatic rings. The number of carboxylic acids is 1. The number of nitrogens with two attached hydrogens (primary N) is 2. The molecule has 32 heavy (non-hydrogen) atoms. The van der Waals surface area contributed by atoms with Gasteiger partial charge in [-0.1, -0.05) is 54.4 Å². The zero-order valence-electron chi connectivity index (χ0n) is 19.8. The van der Waals surface area contributed by atoms with E-state index in [-0.39, 0.29) is 11.8 Å². The van der Waals surface area contributed by atoms with E-state index in [9.17, 15) is 29.1 Å². The van der Waals surface area contributed by atoms with Gasteiger partial charge >= 0.3 is 5.97 Å². The highest BCUT2D eigenvalue weighted by atomic mass is 16.4. The summed E-state index contributed by atoms with van der Waals surface area (Å²) in [5.41, 5.74) is 11.2. The normalized spacial score (nSPS) is 16.8. The highest BCUT2D eigenvalue weighted by molar-refractivity contribution is 5.96. The van der Waals surface area contributed by atoms with E-state index in [2.05, 4.69) is 16.0 Å². The van der Waals surface area contributed by atoms with Crippen molar-refractivity contribution in [3.8, 4) is 0 Å². The van der Waals surface area contributed by atoms with Gasteiger partial charge in [0.25, 0.3) is 0 Å². The summed E-state index contributed by atoms with van der Waals surface area (Å²) in [6.45, 7) is 10.5. The van der Waals surface area contributed by atoms with Crippen molar-refractivity contribution in [2.24, 2.45) is 29.2 Å². The summed E-state index contributed by atoms with van der Waals surface area (Å²) in [7, 11) is 0. The molecule has 0 aromatic carbocycles. The molecule has 0 spiro atoms. The number of carbonyl (C=O) groups is 5. The van der Waals surface area contributed by atoms with Gasteiger partial charge in [0.05, 0.1) is 12.5 Å². The minimum Gasteiger partial charge on any atom is -0.480 e. The molecule has 11 heteroatoms. The fourth-order valence-electron chi connectivity index (χ4n) is 2.90. The van der Waals surface area contributed by atoms with Gasteiger partial charge < -0.3 is 32.5 Å². The monoisotopic (exact) mass is 457 g/mol. The summed E-state index contributed by atoms with van der Waals surface area (Å²) in [6, 6.07) is -4.43. The molecule has 0 heterocycles. The molecule has 11 nitrogen and oxygen atoms in total. The van der Waals surface area contributed by atoms with Crippen LogP contribution in [0.3, 0.4) is 0 Å². The second kappa shape index (κ2) is 13.7. The van der Waals surface area contributed by atoms with Crippen molar-refractivity contribution in [2.45, 2.75) is 85.0 Å². The smallest absolute Gasteiger partial charge is 0.326 e. The molecule has 0 saturated heterocycles. The zero-order chi connectivity index (χ0) is 25.2. The number of hydrogen-bond acceptors (Lipinski definition) is 6. The van der Waals surface area contributed by atoms with Gasteiger partial charge in [0, 0.05) is 0 Å². The third-order valence-electron chi connectivity index (χ3n) is 5.62. The first-order valence-corrected chi connectivity index (χ1v) is 10.9. The molecular weight excluding hydrogens is 418 g/mol. The molecule has 0 aromatic heterocycles. The van der Waals surface area contributed by atoms with Gasteiger partial charge in [-0.25, -0.2) is 4.79 Å². The second-order valence-electron chi connectivity index (χ2n) is 8.58. The first-order chi connectivity index (χ1) is 14.8. The molecule has 0 aliphatic carbocycles. The van der Waals surface area contributed by atoms with E-state index >= 15 is 0 Å². The van der Waals surface area contributed by atoms with Crippen LogP contribution >= 0.6 is 0 Å². The Bertz CT molecular complexity index is 684. The summed E-state index contributed by atoms with van der Waals surface area (Å²) in [4.78, 5) is 61.0. The van der Waals surface area contributed by atoms with Crippen LogP contribution in [0, 0.1) is 17.8 Å². The highest BCUT2D eigenvalue weighted by Crippen LogP contribution is 2.12. The Labute approximate surface area is 189 Å². The average molecular weight is 458 g/mol. The van der Waals surface area contributed by atoms with Crippen molar-refractivity contribution >= 4 is 29.6 Å². The van der Waals surface area contributed by atoms with E-state index in [1.807, 2.05) is 20.8 Å². The summed E-state index contributed by atoms with van der Waals surface area (Å²) >= 11 is 0. The third-order valence-corrected chi connectivity index (χ3v) is 5.62. The first kappa shape index (κ1) is 29.3. The van der Waals surface area contributed by atoms with Gasteiger partial charge in [0.2, 0.25) is 23.6 Å². The number of amides is 4. The number of carbonyl (C=O) groups excluding carboxylic acids is 4. The van der Waals surface area contributed by atoms with Crippen LogP contribution in [0.2, 0.25) is 0 Å². The lowest BCUT2D eigenvalue weighted by atomic mass is 9.95. The van der Waals surface area contributed by atoms with Crippen molar-refractivity contribution in [2.75, 3.05) is 0 Å².